The van der Waals surface area contributed by atoms with Crippen molar-refractivity contribution in [1.82, 2.24) is 4.98 Å². The molecular formula is C12H17ClN2O2. The molecule has 0 aliphatic heterocycles. The van der Waals surface area contributed by atoms with Crippen LogP contribution in [0.15, 0.2) is 12.3 Å². The van der Waals surface area contributed by atoms with Crippen molar-refractivity contribution in [3.63, 3.8) is 0 Å². The normalized spacial score (nSPS) is 14.3. The van der Waals surface area contributed by atoms with Gasteiger partial charge in [-0.15, -0.1) is 0 Å². The summed E-state index contributed by atoms with van der Waals surface area (Å²) in [4.78, 5) is 15.6. The van der Waals surface area contributed by atoms with Gasteiger partial charge in [0.1, 0.15) is 5.75 Å². The minimum atomic E-state index is -0.954. The van der Waals surface area contributed by atoms with E-state index in [1.807, 2.05) is 6.92 Å². The lowest BCUT2D eigenvalue weighted by atomic mass is 9.80. The van der Waals surface area contributed by atoms with Gasteiger partial charge >= 0.3 is 0 Å². The maximum Gasteiger partial charge on any atom is 0.229 e. The highest BCUT2D eigenvalue weighted by Gasteiger charge is 2.36. The molecule has 0 fully saturated rings. The molecule has 0 saturated carbocycles. The van der Waals surface area contributed by atoms with Crippen molar-refractivity contribution in [1.29, 1.82) is 0 Å². The van der Waals surface area contributed by atoms with Gasteiger partial charge in [0.15, 0.2) is 0 Å². The second kappa shape index (κ2) is 5.36. The smallest absolute Gasteiger partial charge is 0.229 e. The van der Waals surface area contributed by atoms with Crippen LogP contribution in [-0.4, -0.2) is 16.0 Å². The summed E-state index contributed by atoms with van der Waals surface area (Å²) in [5.74, 6) is -0.578. The van der Waals surface area contributed by atoms with Crippen molar-refractivity contribution >= 4 is 17.5 Å². The van der Waals surface area contributed by atoms with Gasteiger partial charge in [0.2, 0.25) is 5.91 Å². The van der Waals surface area contributed by atoms with Crippen molar-refractivity contribution < 1.29 is 9.90 Å². The second-order valence-corrected chi connectivity index (χ2v) is 4.76. The Balaban J connectivity index is 3.17. The van der Waals surface area contributed by atoms with E-state index in [2.05, 4.69) is 4.98 Å². The molecule has 0 bridgehead atoms. The molecule has 17 heavy (non-hydrogen) atoms. The average Bonchev–Trinajstić information content (AvgIpc) is 2.25. The van der Waals surface area contributed by atoms with Gasteiger partial charge in [-0.2, -0.15) is 0 Å². The number of carbonyl (C=O) groups excluding carboxylic acids is 1. The standard InChI is InChI=1S/C12H17ClN2O2/c1-3-4-5-12(2,11(14)17)10-9(16)6-8(13)7-15-10/h6-7,16H,3-5H2,1-2H3,(H2,14,17). The third-order valence-electron chi connectivity index (χ3n) is 2.93. The molecule has 4 nitrogen and oxygen atoms in total. The zero-order valence-electron chi connectivity index (χ0n) is 10.0. The fourth-order valence-corrected chi connectivity index (χ4v) is 1.89. The number of halogens is 1. The van der Waals surface area contributed by atoms with Crippen molar-refractivity contribution in [3.05, 3.63) is 23.0 Å². The first kappa shape index (κ1) is 13.8. The van der Waals surface area contributed by atoms with Crippen LogP contribution in [0, 0.1) is 0 Å². The Labute approximate surface area is 106 Å². The summed E-state index contributed by atoms with van der Waals surface area (Å²) in [6.07, 6.45) is 3.74. The maximum absolute atomic E-state index is 11.6. The molecule has 0 spiro atoms. The lowest BCUT2D eigenvalue weighted by Crippen LogP contribution is -2.39. The van der Waals surface area contributed by atoms with Crippen molar-refractivity contribution in [2.24, 2.45) is 5.73 Å². The highest BCUT2D eigenvalue weighted by Crippen LogP contribution is 2.34. The zero-order valence-corrected chi connectivity index (χ0v) is 10.8. The fourth-order valence-electron chi connectivity index (χ4n) is 1.74. The number of nitrogens with zero attached hydrogens (tertiary/aromatic N) is 1. The molecule has 3 N–H and O–H groups in total. The topological polar surface area (TPSA) is 76.2 Å². The predicted octanol–water partition coefficient (Wildman–Crippen LogP) is 2.37. The zero-order chi connectivity index (χ0) is 13.1. The van der Waals surface area contributed by atoms with Crippen LogP contribution in [0.25, 0.3) is 0 Å². The van der Waals surface area contributed by atoms with E-state index in [4.69, 9.17) is 17.3 Å². The van der Waals surface area contributed by atoms with Crippen LogP contribution < -0.4 is 5.73 Å². The Morgan fingerprint density at radius 3 is 2.76 bits per heavy atom. The minimum Gasteiger partial charge on any atom is -0.506 e. The number of pyridine rings is 1. The van der Waals surface area contributed by atoms with Crippen LogP contribution in [0.2, 0.25) is 5.02 Å². The largest absolute Gasteiger partial charge is 0.506 e. The van der Waals surface area contributed by atoms with E-state index in [1.165, 1.54) is 12.3 Å². The number of rotatable bonds is 5. The molecule has 0 aliphatic carbocycles. The van der Waals surface area contributed by atoms with Gasteiger partial charge in [-0.05, 0) is 13.3 Å². The molecule has 0 radical (unpaired) electrons. The van der Waals surface area contributed by atoms with Gasteiger partial charge < -0.3 is 10.8 Å². The number of hydrogen-bond donors (Lipinski definition) is 2. The van der Waals surface area contributed by atoms with Crippen LogP contribution in [0.3, 0.4) is 0 Å². The molecule has 0 aromatic carbocycles. The number of hydrogen-bond acceptors (Lipinski definition) is 3. The lowest BCUT2D eigenvalue weighted by Gasteiger charge is -2.25. The number of amides is 1. The summed E-state index contributed by atoms with van der Waals surface area (Å²) < 4.78 is 0. The monoisotopic (exact) mass is 256 g/mol. The Morgan fingerprint density at radius 2 is 2.29 bits per heavy atom. The number of aromatic nitrogens is 1. The van der Waals surface area contributed by atoms with Crippen LogP contribution in [0.5, 0.6) is 5.75 Å². The minimum absolute atomic E-state index is 0.0881. The molecule has 5 heteroatoms. The fraction of sp³-hybridized carbons (Fsp3) is 0.500. The van der Waals surface area contributed by atoms with Gasteiger partial charge in [0.05, 0.1) is 16.1 Å². The van der Waals surface area contributed by atoms with Crippen LogP contribution in [0.1, 0.15) is 38.8 Å². The first-order chi connectivity index (χ1) is 7.91. The molecule has 0 saturated heterocycles. The van der Waals surface area contributed by atoms with Crippen LogP contribution >= 0.6 is 11.6 Å². The molecular weight excluding hydrogens is 240 g/mol. The first-order valence-corrected chi connectivity index (χ1v) is 5.94. The van der Waals surface area contributed by atoms with E-state index in [9.17, 15) is 9.90 Å². The summed E-state index contributed by atoms with van der Waals surface area (Å²) in [5.41, 5.74) is 4.77. The van der Waals surface area contributed by atoms with E-state index >= 15 is 0 Å². The van der Waals surface area contributed by atoms with Gasteiger partial charge in [0.25, 0.3) is 0 Å². The van der Waals surface area contributed by atoms with E-state index in [-0.39, 0.29) is 5.75 Å². The van der Waals surface area contributed by atoms with Gasteiger partial charge in [-0.3, -0.25) is 9.78 Å². The average molecular weight is 257 g/mol. The molecule has 94 valence electrons. The molecule has 1 aromatic heterocycles. The quantitative estimate of drug-likeness (QED) is 0.849. The number of aromatic hydroxyl groups is 1. The molecule has 1 atom stereocenters. The van der Waals surface area contributed by atoms with Crippen LogP contribution in [-0.2, 0) is 10.2 Å². The Morgan fingerprint density at radius 1 is 1.65 bits per heavy atom. The first-order valence-electron chi connectivity index (χ1n) is 5.56. The number of unbranched alkanes of at least 4 members (excludes halogenated alkanes) is 1. The highest BCUT2D eigenvalue weighted by atomic mass is 35.5. The molecule has 1 aromatic rings. The molecule has 1 heterocycles. The Hall–Kier alpha value is -1.29. The predicted molar refractivity (Wildman–Crippen MR) is 67.0 cm³/mol. The summed E-state index contributed by atoms with van der Waals surface area (Å²) in [6.45, 7) is 3.72. The Bertz CT molecular complexity index is 423. The van der Waals surface area contributed by atoms with E-state index in [0.717, 1.165) is 12.8 Å². The lowest BCUT2D eigenvalue weighted by molar-refractivity contribution is -0.123. The third-order valence-corrected chi connectivity index (χ3v) is 3.14. The number of carbonyl (C=O) groups is 1. The van der Waals surface area contributed by atoms with E-state index < -0.39 is 11.3 Å². The maximum atomic E-state index is 11.6. The SMILES string of the molecule is CCCCC(C)(C(N)=O)c1ncc(Cl)cc1O. The molecule has 1 unspecified atom stereocenters. The summed E-state index contributed by atoms with van der Waals surface area (Å²) in [7, 11) is 0. The highest BCUT2D eigenvalue weighted by molar-refractivity contribution is 6.30. The summed E-state index contributed by atoms with van der Waals surface area (Å²) in [6, 6.07) is 1.37. The molecule has 0 aliphatic rings. The Kier molecular flexibility index (Phi) is 4.34. The van der Waals surface area contributed by atoms with Gasteiger partial charge in [-0.1, -0.05) is 31.4 Å². The van der Waals surface area contributed by atoms with Gasteiger partial charge in [0, 0.05) is 12.3 Å². The van der Waals surface area contributed by atoms with Crippen molar-refractivity contribution in [2.45, 2.75) is 38.5 Å². The second-order valence-electron chi connectivity index (χ2n) is 4.32. The van der Waals surface area contributed by atoms with Gasteiger partial charge in [-0.25, -0.2) is 0 Å². The van der Waals surface area contributed by atoms with E-state index in [1.54, 1.807) is 6.92 Å². The molecule has 1 rings (SSSR count). The number of nitrogens with two attached hydrogens (primary N) is 1. The van der Waals surface area contributed by atoms with E-state index in [0.29, 0.717) is 17.1 Å². The van der Waals surface area contributed by atoms with Crippen LogP contribution in [0.4, 0.5) is 0 Å². The van der Waals surface area contributed by atoms with Crippen molar-refractivity contribution in [3.8, 4) is 5.75 Å². The third kappa shape index (κ3) is 2.88. The van der Waals surface area contributed by atoms with Crippen molar-refractivity contribution in [2.75, 3.05) is 0 Å². The summed E-state index contributed by atoms with van der Waals surface area (Å²) in [5, 5.41) is 10.1. The molecule has 1 amide bonds. The summed E-state index contributed by atoms with van der Waals surface area (Å²) >= 11 is 5.71. The number of primary amides is 1.